The predicted octanol–water partition coefficient (Wildman–Crippen LogP) is 3.24. The molecule has 0 unspecified atom stereocenters. The maximum atomic E-state index is 5.24. The fourth-order valence-electron chi connectivity index (χ4n) is 1.77. The van der Waals surface area contributed by atoms with Crippen LogP contribution in [0, 0.1) is 0 Å². The molecule has 0 radical (unpaired) electrons. The van der Waals surface area contributed by atoms with Gasteiger partial charge in [-0.25, -0.2) is 4.98 Å². The van der Waals surface area contributed by atoms with Crippen LogP contribution in [-0.4, -0.2) is 18.1 Å². The van der Waals surface area contributed by atoms with Crippen LogP contribution in [0.1, 0.15) is 29.3 Å². The van der Waals surface area contributed by atoms with Crippen molar-refractivity contribution in [1.29, 1.82) is 0 Å². The van der Waals surface area contributed by atoms with Crippen molar-refractivity contribution in [3.05, 3.63) is 45.9 Å². The Kier molecular flexibility index (Phi) is 4.93. The average molecular weight is 276 g/mol. The lowest BCUT2D eigenvalue weighted by Crippen LogP contribution is -2.21. The molecule has 2 aromatic rings. The van der Waals surface area contributed by atoms with Gasteiger partial charge in [0.2, 0.25) is 0 Å². The molecule has 0 spiro atoms. The maximum absolute atomic E-state index is 5.24. The summed E-state index contributed by atoms with van der Waals surface area (Å²) >= 11 is 1.77. The minimum Gasteiger partial charge on any atom is -0.497 e. The van der Waals surface area contributed by atoms with E-state index in [9.17, 15) is 0 Å². The summed E-state index contributed by atoms with van der Waals surface area (Å²) in [5.41, 5.74) is 1.23. The fourth-order valence-corrected chi connectivity index (χ4v) is 2.68. The highest BCUT2D eigenvalue weighted by molar-refractivity contribution is 7.11. The van der Waals surface area contributed by atoms with Crippen molar-refractivity contribution in [2.45, 2.75) is 32.9 Å². The highest BCUT2D eigenvalue weighted by Gasteiger charge is 2.04. The molecule has 0 amide bonds. The Morgan fingerprint density at radius 2 is 2.21 bits per heavy atom. The van der Waals surface area contributed by atoms with Gasteiger partial charge >= 0.3 is 0 Å². The first-order chi connectivity index (χ1) is 9.17. The molecule has 0 aliphatic rings. The number of benzene rings is 1. The van der Waals surface area contributed by atoms with E-state index in [1.165, 1.54) is 10.4 Å². The zero-order valence-electron chi connectivity index (χ0n) is 11.6. The lowest BCUT2D eigenvalue weighted by atomic mass is 10.1. The first-order valence-electron chi connectivity index (χ1n) is 6.47. The molecule has 0 saturated carbocycles. The van der Waals surface area contributed by atoms with Crippen molar-refractivity contribution in [2.75, 3.05) is 7.11 Å². The number of ether oxygens (including phenoxy) is 1. The van der Waals surface area contributed by atoms with Gasteiger partial charge in [-0.3, -0.25) is 0 Å². The van der Waals surface area contributed by atoms with Crippen LogP contribution in [0.4, 0.5) is 0 Å². The van der Waals surface area contributed by atoms with Crippen molar-refractivity contribution in [2.24, 2.45) is 0 Å². The molecule has 0 aliphatic heterocycles. The SMILES string of the molecule is COc1cccc(Cc2ncc(CNC(C)C)s2)c1. The number of nitrogens with one attached hydrogen (secondary N) is 1. The highest BCUT2D eigenvalue weighted by Crippen LogP contribution is 2.19. The zero-order chi connectivity index (χ0) is 13.7. The van der Waals surface area contributed by atoms with Crippen LogP contribution in [0.3, 0.4) is 0 Å². The quantitative estimate of drug-likeness (QED) is 0.879. The van der Waals surface area contributed by atoms with Gasteiger partial charge in [-0.15, -0.1) is 11.3 Å². The van der Waals surface area contributed by atoms with Gasteiger partial charge in [0, 0.05) is 30.1 Å². The summed E-state index contributed by atoms with van der Waals surface area (Å²) in [4.78, 5) is 5.77. The summed E-state index contributed by atoms with van der Waals surface area (Å²) in [5.74, 6) is 0.899. The zero-order valence-corrected chi connectivity index (χ0v) is 12.5. The van der Waals surface area contributed by atoms with Gasteiger partial charge in [-0.05, 0) is 17.7 Å². The van der Waals surface area contributed by atoms with Crippen molar-refractivity contribution >= 4 is 11.3 Å². The van der Waals surface area contributed by atoms with E-state index in [1.807, 2.05) is 18.3 Å². The third kappa shape index (κ3) is 4.33. The average Bonchev–Trinajstić information content (AvgIpc) is 2.84. The van der Waals surface area contributed by atoms with Crippen LogP contribution in [0.2, 0.25) is 0 Å². The van der Waals surface area contributed by atoms with Gasteiger partial charge in [0.1, 0.15) is 5.75 Å². The van der Waals surface area contributed by atoms with Gasteiger partial charge in [0.05, 0.1) is 12.1 Å². The van der Waals surface area contributed by atoms with Gasteiger partial charge in [0.25, 0.3) is 0 Å². The highest BCUT2D eigenvalue weighted by atomic mass is 32.1. The van der Waals surface area contributed by atoms with Crippen LogP contribution in [0.15, 0.2) is 30.5 Å². The second kappa shape index (κ2) is 6.68. The smallest absolute Gasteiger partial charge is 0.119 e. The van der Waals surface area contributed by atoms with Crippen LogP contribution >= 0.6 is 11.3 Å². The topological polar surface area (TPSA) is 34.1 Å². The number of methoxy groups -OCH3 is 1. The Hall–Kier alpha value is -1.39. The van der Waals surface area contributed by atoms with Crippen LogP contribution in [0.5, 0.6) is 5.75 Å². The second-order valence-corrected chi connectivity index (χ2v) is 5.98. The van der Waals surface area contributed by atoms with Gasteiger partial charge in [0.15, 0.2) is 0 Å². The number of nitrogens with zero attached hydrogens (tertiary/aromatic N) is 1. The Balaban J connectivity index is 1.99. The Morgan fingerprint density at radius 1 is 1.37 bits per heavy atom. The van der Waals surface area contributed by atoms with E-state index >= 15 is 0 Å². The predicted molar refractivity (Wildman–Crippen MR) is 79.9 cm³/mol. The maximum Gasteiger partial charge on any atom is 0.119 e. The third-order valence-electron chi connectivity index (χ3n) is 2.78. The number of hydrogen-bond donors (Lipinski definition) is 1. The molecule has 4 heteroatoms. The molecule has 0 aliphatic carbocycles. The monoisotopic (exact) mass is 276 g/mol. The molecule has 3 nitrogen and oxygen atoms in total. The molecule has 1 N–H and O–H groups in total. The molecule has 1 aromatic carbocycles. The second-order valence-electron chi connectivity index (χ2n) is 4.78. The van der Waals surface area contributed by atoms with Crippen molar-refractivity contribution in [3.8, 4) is 5.75 Å². The Morgan fingerprint density at radius 3 is 2.95 bits per heavy atom. The fraction of sp³-hybridized carbons (Fsp3) is 0.400. The van der Waals surface area contributed by atoms with E-state index in [2.05, 4.69) is 36.3 Å². The number of aromatic nitrogens is 1. The van der Waals surface area contributed by atoms with E-state index in [1.54, 1.807) is 18.4 Å². The van der Waals surface area contributed by atoms with Crippen LogP contribution in [-0.2, 0) is 13.0 Å². The molecule has 1 heterocycles. The normalized spacial score (nSPS) is 10.9. The molecule has 19 heavy (non-hydrogen) atoms. The molecule has 102 valence electrons. The summed E-state index contributed by atoms with van der Waals surface area (Å²) in [6.45, 7) is 5.20. The van der Waals surface area contributed by atoms with E-state index in [0.717, 1.165) is 23.7 Å². The first-order valence-corrected chi connectivity index (χ1v) is 7.29. The molecule has 0 atom stereocenters. The summed E-state index contributed by atoms with van der Waals surface area (Å²) in [6, 6.07) is 8.65. The number of hydrogen-bond acceptors (Lipinski definition) is 4. The lowest BCUT2D eigenvalue weighted by Gasteiger charge is -2.04. The summed E-state index contributed by atoms with van der Waals surface area (Å²) in [5, 5.41) is 4.55. The summed E-state index contributed by atoms with van der Waals surface area (Å²) < 4.78 is 5.24. The molecule has 0 fully saturated rings. The van der Waals surface area contributed by atoms with Crippen molar-refractivity contribution in [3.63, 3.8) is 0 Å². The van der Waals surface area contributed by atoms with E-state index in [4.69, 9.17) is 4.74 Å². The lowest BCUT2D eigenvalue weighted by molar-refractivity contribution is 0.414. The molecular formula is C15H20N2OS. The molecule has 0 bridgehead atoms. The van der Waals surface area contributed by atoms with E-state index in [0.29, 0.717) is 6.04 Å². The molecule has 1 aromatic heterocycles. The van der Waals surface area contributed by atoms with Gasteiger partial charge < -0.3 is 10.1 Å². The first kappa shape index (κ1) is 14.0. The summed E-state index contributed by atoms with van der Waals surface area (Å²) in [7, 11) is 1.69. The van der Waals surface area contributed by atoms with Crippen LogP contribution < -0.4 is 10.1 Å². The van der Waals surface area contributed by atoms with Crippen molar-refractivity contribution < 1.29 is 4.74 Å². The Bertz CT molecular complexity index is 522. The van der Waals surface area contributed by atoms with Gasteiger partial charge in [-0.1, -0.05) is 26.0 Å². The van der Waals surface area contributed by atoms with Gasteiger partial charge in [-0.2, -0.15) is 0 Å². The molecular weight excluding hydrogens is 256 g/mol. The minimum atomic E-state index is 0.504. The largest absolute Gasteiger partial charge is 0.497 e. The van der Waals surface area contributed by atoms with Crippen LogP contribution in [0.25, 0.3) is 0 Å². The van der Waals surface area contributed by atoms with E-state index < -0.39 is 0 Å². The third-order valence-corrected chi connectivity index (χ3v) is 3.77. The molecule has 0 saturated heterocycles. The number of thiazole rings is 1. The molecule has 2 rings (SSSR count). The van der Waals surface area contributed by atoms with Crippen molar-refractivity contribution in [1.82, 2.24) is 10.3 Å². The Labute approximate surface area is 118 Å². The minimum absolute atomic E-state index is 0.504. The van der Waals surface area contributed by atoms with E-state index in [-0.39, 0.29) is 0 Å². The number of rotatable bonds is 6. The standard InChI is InChI=1S/C15H20N2OS/c1-11(2)16-9-14-10-17-15(19-14)8-12-5-4-6-13(7-12)18-3/h4-7,10-11,16H,8-9H2,1-3H3. The summed E-state index contributed by atoms with van der Waals surface area (Å²) in [6.07, 6.45) is 2.83.